The van der Waals surface area contributed by atoms with Crippen LogP contribution in [0.4, 0.5) is 0 Å². The van der Waals surface area contributed by atoms with Gasteiger partial charge in [0.1, 0.15) is 5.78 Å². The Morgan fingerprint density at radius 2 is 1.94 bits per heavy atom. The summed E-state index contributed by atoms with van der Waals surface area (Å²) >= 11 is 0. The number of nitrogens with zero attached hydrogens (tertiary/aromatic N) is 2. The zero-order valence-electron chi connectivity index (χ0n) is 11.6. The number of likely N-dealkylation sites (tertiary alicyclic amines) is 1. The molecule has 1 aliphatic heterocycles. The zero-order valence-corrected chi connectivity index (χ0v) is 11.6. The molecule has 16 heavy (non-hydrogen) atoms. The molecule has 0 aromatic rings. The molecular formula is C13H26N2O. The van der Waals surface area contributed by atoms with E-state index in [2.05, 4.69) is 30.8 Å². The maximum atomic E-state index is 11.5. The summed E-state index contributed by atoms with van der Waals surface area (Å²) in [6.45, 7) is 11.2. The third kappa shape index (κ3) is 3.05. The van der Waals surface area contributed by atoms with Crippen LogP contribution in [0.25, 0.3) is 0 Å². The van der Waals surface area contributed by atoms with Gasteiger partial charge < -0.3 is 9.80 Å². The lowest BCUT2D eigenvalue weighted by Crippen LogP contribution is -2.39. The van der Waals surface area contributed by atoms with Crippen molar-refractivity contribution in [3.63, 3.8) is 0 Å². The van der Waals surface area contributed by atoms with Crippen LogP contribution in [-0.2, 0) is 4.79 Å². The van der Waals surface area contributed by atoms with Crippen molar-refractivity contribution < 1.29 is 4.79 Å². The highest BCUT2D eigenvalue weighted by Gasteiger charge is 2.35. The Kier molecular flexibility index (Phi) is 4.13. The van der Waals surface area contributed by atoms with Gasteiger partial charge in [-0.05, 0) is 26.9 Å². The molecule has 1 rings (SSSR count). The van der Waals surface area contributed by atoms with Gasteiger partial charge in [-0.3, -0.25) is 4.79 Å². The van der Waals surface area contributed by atoms with Crippen LogP contribution in [-0.4, -0.2) is 55.4 Å². The summed E-state index contributed by atoms with van der Waals surface area (Å²) < 4.78 is 0. The first-order valence-electron chi connectivity index (χ1n) is 6.14. The Balaban J connectivity index is 2.57. The van der Waals surface area contributed by atoms with Crippen molar-refractivity contribution in [3.05, 3.63) is 0 Å². The smallest absolute Gasteiger partial charge is 0.136 e. The highest BCUT2D eigenvalue weighted by atomic mass is 16.1. The number of carbonyl (C=O) groups excluding carboxylic acids is 1. The molecule has 3 nitrogen and oxygen atoms in total. The predicted molar refractivity (Wildman–Crippen MR) is 67.5 cm³/mol. The molecule has 1 heterocycles. The van der Waals surface area contributed by atoms with Crippen molar-refractivity contribution in [2.75, 3.05) is 33.7 Å². The first kappa shape index (κ1) is 13.7. The van der Waals surface area contributed by atoms with E-state index in [1.165, 1.54) is 0 Å². The monoisotopic (exact) mass is 226 g/mol. The van der Waals surface area contributed by atoms with Gasteiger partial charge >= 0.3 is 0 Å². The summed E-state index contributed by atoms with van der Waals surface area (Å²) in [7, 11) is 4.28. The molecule has 0 N–H and O–H groups in total. The number of likely N-dealkylation sites (N-methyl/N-ethyl adjacent to an activating group) is 1. The van der Waals surface area contributed by atoms with Gasteiger partial charge in [-0.1, -0.05) is 20.8 Å². The number of ketones is 1. The van der Waals surface area contributed by atoms with Crippen LogP contribution in [0, 0.1) is 11.3 Å². The normalized spacial score (nSPS) is 27.7. The van der Waals surface area contributed by atoms with Crippen LogP contribution >= 0.6 is 0 Å². The molecular weight excluding hydrogens is 200 g/mol. The van der Waals surface area contributed by atoms with Gasteiger partial charge in [-0.2, -0.15) is 0 Å². The van der Waals surface area contributed by atoms with Crippen molar-refractivity contribution in [1.82, 2.24) is 9.80 Å². The van der Waals surface area contributed by atoms with E-state index in [-0.39, 0.29) is 11.2 Å². The van der Waals surface area contributed by atoms with Crippen LogP contribution in [0.5, 0.6) is 0 Å². The summed E-state index contributed by atoms with van der Waals surface area (Å²) in [5.74, 6) is 0.978. The van der Waals surface area contributed by atoms with E-state index in [0.717, 1.165) is 19.6 Å². The summed E-state index contributed by atoms with van der Waals surface area (Å²) in [5, 5.41) is 0. The fourth-order valence-electron chi connectivity index (χ4n) is 2.52. The van der Waals surface area contributed by atoms with E-state index in [0.29, 0.717) is 12.0 Å². The van der Waals surface area contributed by atoms with Gasteiger partial charge in [0.25, 0.3) is 0 Å². The lowest BCUT2D eigenvalue weighted by Gasteiger charge is -2.28. The number of hydrogen-bond acceptors (Lipinski definition) is 3. The summed E-state index contributed by atoms with van der Waals surface area (Å²) in [4.78, 5) is 16.2. The maximum Gasteiger partial charge on any atom is 0.136 e. The van der Waals surface area contributed by atoms with E-state index in [1.807, 2.05) is 13.8 Å². The SMILES string of the molecule is CC(=O)C(C)(C)CN1CC(C)C(N(C)C)C1. The molecule has 94 valence electrons. The minimum Gasteiger partial charge on any atom is -0.305 e. The molecule has 0 aromatic heterocycles. The number of Topliss-reactive ketones (excluding diaryl/α,β-unsaturated/α-hetero) is 1. The Morgan fingerprint density at radius 3 is 2.31 bits per heavy atom. The second kappa shape index (κ2) is 4.84. The van der Waals surface area contributed by atoms with Crippen LogP contribution < -0.4 is 0 Å². The third-order valence-corrected chi connectivity index (χ3v) is 3.88. The first-order chi connectivity index (χ1) is 7.24. The standard InChI is InChI=1S/C13H26N2O/c1-10-7-15(8-12(10)14(5)6)9-13(3,4)11(2)16/h10,12H,7-9H2,1-6H3. The lowest BCUT2D eigenvalue weighted by molar-refractivity contribution is -0.125. The summed E-state index contributed by atoms with van der Waals surface area (Å²) in [6.07, 6.45) is 0. The Morgan fingerprint density at radius 1 is 1.38 bits per heavy atom. The summed E-state index contributed by atoms with van der Waals surface area (Å²) in [5.41, 5.74) is -0.207. The Hall–Kier alpha value is -0.410. The topological polar surface area (TPSA) is 23.6 Å². The Labute approximate surface area is 99.8 Å². The van der Waals surface area contributed by atoms with Crippen LogP contribution in [0.15, 0.2) is 0 Å². The van der Waals surface area contributed by atoms with E-state index in [9.17, 15) is 4.79 Å². The number of hydrogen-bond donors (Lipinski definition) is 0. The second-order valence-electron chi connectivity index (χ2n) is 6.14. The molecule has 2 atom stereocenters. The average Bonchev–Trinajstić information content (AvgIpc) is 2.45. The van der Waals surface area contributed by atoms with Crippen molar-refractivity contribution in [2.24, 2.45) is 11.3 Å². The largest absolute Gasteiger partial charge is 0.305 e. The molecule has 0 aliphatic carbocycles. The molecule has 1 fully saturated rings. The van der Waals surface area contributed by atoms with Gasteiger partial charge in [-0.15, -0.1) is 0 Å². The minimum absolute atomic E-state index is 0.207. The maximum absolute atomic E-state index is 11.5. The van der Waals surface area contributed by atoms with E-state index in [4.69, 9.17) is 0 Å². The molecule has 2 unspecified atom stereocenters. The minimum atomic E-state index is -0.207. The third-order valence-electron chi connectivity index (χ3n) is 3.88. The predicted octanol–water partition coefficient (Wildman–Crippen LogP) is 1.48. The van der Waals surface area contributed by atoms with Gasteiger partial charge in [0, 0.05) is 31.1 Å². The summed E-state index contributed by atoms with van der Waals surface area (Å²) in [6, 6.07) is 0.628. The van der Waals surface area contributed by atoms with Crippen LogP contribution in [0.3, 0.4) is 0 Å². The number of rotatable bonds is 4. The van der Waals surface area contributed by atoms with Crippen molar-refractivity contribution >= 4 is 5.78 Å². The highest BCUT2D eigenvalue weighted by Crippen LogP contribution is 2.25. The van der Waals surface area contributed by atoms with Gasteiger partial charge in [0.15, 0.2) is 0 Å². The fraction of sp³-hybridized carbons (Fsp3) is 0.923. The first-order valence-corrected chi connectivity index (χ1v) is 6.14. The van der Waals surface area contributed by atoms with Crippen molar-refractivity contribution in [2.45, 2.75) is 33.7 Å². The molecule has 0 radical (unpaired) electrons. The van der Waals surface area contributed by atoms with Crippen LogP contribution in [0.2, 0.25) is 0 Å². The molecule has 0 aromatic carbocycles. The van der Waals surface area contributed by atoms with E-state index < -0.39 is 0 Å². The fourth-order valence-corrected chi connectivity index (χ4v) is 2.52. The van der Waals surface area contributed by atoms with Gasteiger partial charge in [0.05, 0.1) is 0 Å². The Bertz CT molecular complexity index is 261. The molecule has 0 spiro atoms. The zero-order chi connectivity index (χ0) is 12.5. The van der Waals surface area contributed by atoms with Crippen LogP contribution in [0.1, 0.15) is 27.7 Å². The van der Waals surface area contributed by atoms with E-state index in [1.54, 1.807) is 6.92 Å². The van der Waals surface area contributed by atoms with Gasteiger partial charge in [0.2, 0.25) is 0 Å². The molecule has 0 amide bonds. The quantitative estimate of drug-likeness (QED) is 0.725. The van der Waals surface area contributed by atoms with E-state index >= 15 is 0 Å². The number of carbonyl (C=O) groups is 1. The van der Waals surface area contributed by atoms with Crippen molar-refractivity contribution in [1.29, 1.82) is 0 Å². The average molecular weight is 226 g/mol. The molecule has 1 aliphatic rings. The second-order valence-corrected chi connectivity index (χ2v) is 6.14. The molecule has 1 saturated heterocycles. The highest BCUT2D eigenvalue weighted by molar-refractivity contribution is 5.81. The molecule has 3 heteroatoms. The van der Waals surface area contributed by atoms with Crippen molar-refractivity contribution in [3.8, 4) is 0 Å². The van der Waals surface area contributed by atoms with Gasteiger partial charge in [-0.25, -0.2) is 0 Å². The lowest BCUT2D eigenvalue weighted by atomic mass is 9.88. The molecule has 0 saturated carbocycles. The molecule has 0 bridgehead atoms.